The number of carbonyl (C=O) groups excluding carboxylic acids is 3. The molecule has 4 bridgehead atoms. The molecule has 4 fully saturated rings. The summed E-state index contributed by atoms with van der Waals surface area (Å²) >= 11 is 0. The lowest BCUT2D eigenvalue weighted by atomic mass is 9.49. The standard InChI is InChI=1S/C21H29N3O4/c25-18(12-21-9-14-6-15(10-21)8-16(7-14)11-21)24-13-19(26)22-3-4-23-20(27)17-2-1-5-28-17/h1-2,5,14-16H,3-4,6-13H2,(H,22,26)(H,23,27)(H,24,25). The van der Waals surface area contributed by atoms with Crippen molar-refractivity contribution in [2.24, 2.45) is 23.2 Å². The van der Waals surface area contributed by atoms with Gasteiger partial charge in [-0.15, -0.1) is 0 Å². The van der Waals surface area contributed by atoms with Crippen LogP contribution in [-0.4, -0.2) is 37.4 Å². The molecule has 0 radical (unpaired) electrons. The van der Waals surface area contributed by atoms with Gasteiger partial charge in [-0.1, -0.05) is 0 Å². The van der Waals surface area contributed by atoms with Crippen LogP contribution in [0.5, 0.6) is 0 Å². The number of hydrogen-bond donors (Lipinski definition) is 3. The smallest absolute Gasteiger partial charge is 0.287 e. The molecule has 3 N–H and O–H groups in total. The third-order valence-electron chi connectivity index (χ3n) is 6.62. The van der Waals surface area contributed by atoms with Gasteiger partial charge in [-0.2, -0.15) is 0 Å². The predicted molar refractivity (Wildman–Crippen MR) is 102 cm³/mol. The Balaban J connectivity index is 1.12. The summed E-state index contributed by atoms with van der Waals surface area (Å²) in [5.74, 6) is 2.12. The number of rotatable bonds is 8. The largest absolute Gasteiger partial charge is 0.459 e. The van der Waals surface area contributed by atoms with Crippen molar-refractivity contribution in [2.75, 3.05) is 19.6 Å². The molecule has 1 heterocycles. The molecule has 0 unspecified atom stereocenters. The van der Waals surface area contributed by atoms with Crippen molar-refractivity contribution < 1.29 is 18.8 Å². The summed E-state index contributed by atoms with van der Waals surface area (Å²) in [6.45, 7) is 0.583. The first kappa shape index (κ1) is 19.0. The third kappa shape index (κ3) is 4.39. The van der Waals surface area contributed by atoms with Crippen LogP contribution in [0.1, 0.15) is 55.5 Å². The van der Waals surface area contributed by atoms with Gasteiger partial charge in [-0.25, -0.2) is 0 Å². The lowest BCUT2D eigenvalue weighted by Gasteiger charge is -2.56. The molecular weight excluding hydrogens is 358 g/mol. The molecule has 1 aromatic heterocycles. The van der Waals surface area contributed by atoms with Crippen molar-refractivity contribution in [1.82, 2.24) is 16.0 Å². The summed E-state index contributed by atoms with van der Waals surface area (Å²) in [4.78, 5) is 36.0. The van der Waals surface area contributed by atoms with Crippen LogP contribution in [0, 0.1) is 23.2 Å². The summed E-state index contributed by atoms with van der Waals surface area (Å²) in [5, 5.41) is 8.13. The van der Waals surface area contributed by atoms with Gasteiger partial charge in [0.25, 0.3) is 5.91 Å². The van der Waals surface area contributed by atoms with Crippen molar-refractivity contribution >= 4 is 17.7 Å². The highest BCUT2D eigenvalue weighted by Gasteiger charge is 2.51. The Kier molecular flexibility index (Phi) is 5.42. The third-order valence-corrected chi connectivity index (χ3v) is 6.62. The minimum Gasteiger partial charge on any atom is -0.459 e. The summed E-state index contributed by atoms with van der Waals surface area (Å²) in [7, 11) is 0. The van der Waals surface area contributed by atoms with Crippen LogP contribution in [0.15, 0.2) is 22.8 Å². The molecule has 0 aliphatic heterocycles. The molecular formula is C21H29N3O4. The van der Waals surface area contributed by atoms with Gasteiger partial charge in [0.1, 0.15) is 0 Å². The zero-order valence-electron chi connectivity index (χ0n) is 16.2. The van der Waals surface area contributed by atoms with Crippen molar-refractivity contribution in [2.45, 2.75) is 44.9 Å². The summed E-state index contributed by atoms with van der Waals surface area (Å²) < 4.78 is 4.99. The molecule has 4 saturated carbocycles. The van der Waals surface area contributed by atoms with E-state index in [2.05, 4.69) is 16.0 Å². The minimum absolute atomic E-state index is 0.0109. The van der Waals surface area contributed by atoms with Crippen LogP contribution < -0.4 is 16.0 Å². The number of hydrogen-bond acceptors (Lipinski definition) is 4. The van der Waals surface area contributed by atoms with Gasteiger partial charge in [0, 0.05) is 19.5 Å². The highest BCUT2D eigenvalue weighted by Crippen LogP contribution is 2.61. The van der Waals surface area contributed by atoms with E-state index in [9.17, 15) is 14.4 Å². The fourth-order valence-electron chi connectivity index (χ4n) is 6.02. The number of carbonyl (C=O) groups is 3. The maximum Gasteiger partial charge on any atom is 0.287 e. The molecule has 7 heteroatoms. The van der Waals surface area contributed by atoms with Crippen LogP contribution in [0.2, 0.25) is 0 Å². The average molecular weight is 387 g/mol. The molecule has 5 rings (SSSR count). The maximum atomic E-state index is 12.4. The first-order valence-corrected chi connectivity index (χ1v) is 10.4. The van der Waals surface area contributed by atoms with Crippen LogP contribution in [0.25, 0.3) is 0 Å². The fraction of sp³-hybridized carbons (Fsp3) is 0.667. The second-order valence-electron chi connectivity index (χ2n) is 8.95. The van der Waals surface area contributed by atoms with Gasteiger partial charge in [0.2, 0.25) is 11.8 Å². The Bertz CT molecular complexity index is 693. The Morgan fingerprint density at radius 2 is 1.57 bits per heavy atom. The van der Waals surface area contributed by atoms with E-state index in [1.54, 1.807) is 12.1 Å². The van der Waals surface area contributed by atoms with E-state index in [4.69, 9.17) is 4.42 Å². The second-order valence-corrected chi connectivity index (χ2v) is 8.95. The summed E-state index contributed by atoms with van der Waals surface area (Å²) in [5.41, 5.74) is 0.186. The van der Waals surface area contributed by atoms with E-state index in [0.717, 1.165) is 17.8 Å². The van der Waals surface area contributed by atoms with Crippen molar-refractivity contribution in [1.29, 1.82) is 0 Å². The number of furan rings is 1. The van der Waals surface area contributed by atoms with Crippen molar-refractivity contribution in [3.05, 3.63) is 24.2 Å². The van der Waals surface area contributed by atoms with E-state index < -0.39 is 0 Å². The summed E-state index contributed by atoms with van der Waals surface area (Å²) in [6.07, 6.45) is 9.64. The predicted octanol–water partition coefficient (Wildman–Crippen LogP) is 1.85. The molecule has 0 spiro atoms. The molecule has 4 aliphatic carbocycles. The quantitative estimate of drug-likeness (QED) is 0.593. The van der Waals surface area contributed by atoms with Crippen LogP contribution in [0.3, 0.4) is 0 Å². The zero-order valence-corrected chi connectivity index (χ0v) is 16.2. The molecule has 152 valence electrons. The molecule has 0 aromatic carbocycles. The first-order chi connectivity index (χ1) is 13.5. The van der Waals surface area contributed by atoms with E-state index in [1.165, 1.54) is 44.8 Å². The van der Waals surface area contributed by atoms with Gasteiger partial charge < -0.3 is 20.4 Å². The van der Waals surface area contributed by atoms with Crippen LogP contribution in [0.4, 0.5) is 0 Å². The molecule has 1 aromatic rings. The van der Waals surface area contributed by atoms with Gasteiger partial charge in [-0.05, 0) is 73.8 Å². The molecule has 7 nitrogen and oxygen atoms in total. The molecule has 0 atom stereocenters. The minimum atomic E-state index is -0.317. The second kappa shape index (κ2) is 7.97. The van der Waals surface area contributed by atoms with Crippen molar-refractivity contribution in [3.8, 4) is 0 Å². The molecule has 3 amide bonds. The van der Waals surface area contributed by atoms with E-state index in [1.807, 2.05) is 0 Å². The maximum absolute atomic E-state index is 12.4. The Hall–Kier alpha value is -2.31. The topological polar surface area (TPSA) is 100 Å². The van der Waals surface area contributed by atoms with Crippen LogP contribution >= 0.6 is 0 Å². The SMILES string of the molecule is O=C(CNC(=O)CC12CC3CC(CC(C3)C1)C2)NCCNC(=O)c1ccco1. The normalized spacial score (nSPS) is 30.1. The van der Waals surface area contributed by atoms with Crippen LogP contribution in [-0.2, 0) is 9.59 Å². The number of nitrogens with one attached hydrogen (secondary N) is 3. The highest BCUT2D eigenvalue weighted by molar-refractivity contribution is 5.91. The van der Waals surface area contributed by atoms with Gasteiger partial charge in [0.05, 0.1) is 12.8 Å². The monoisotopic (exact) mass is 387 g/mol. The van der Waals surface area contributed by atoms with Gasteiger partial charge in [-0.3, -0.25) is 14.4 Å². The first-order valence-electron chi connectivity index (χ1n) is 10.4. The molecule has 28 heavy (non-hydrogen) atoms. The Labute approximate surface area is 165 Å². The average Bonchev–Trinajstić information content (AvgIpc) is 3.16. The lowest BCUT2D eigenvalue weighted by Crippen LogP contribution is -2.48. The molecule has 0 saturated heterocycles. The zero-order chi connectivity index (χ0) is 19.6. The van der Waals surface area contributed by atoms with Crippen molar-refractivity contribution in [3.63, 3.8) is 0 Å². The summed E-state index contributed by atoms with van der Waals surface area (Å²) in [6, 6.07) is 3.22. The van der Waals surface area contributed by atoms with Gasteiger partial charge in [0.15, 0.2) is 5.76 Å². The Morgan fingerprint density at radius 1 is 0.929 bits per heavy atom. The molecule has 4 aliphatic rings. The van der Waals surface area contributed by atoms with E-state index in [-0.39, 0.29) is 35.4 Å². The highest BCUT2D eigenvalue weighted by atomic mass is 16.3. The van der Waals surface area contributed by atoms with Gasteiger partial charge >= 0.3 is 0 Å². The van der Waals surface area contributed by atoms with E-state index >= 15 is 0 Å². The Morgan fingerprint density at radius 3 is 2.18 bits per heavy atom. The van der Waals surface area contributed by atoms with E-state index in [0.29, 0.717) is 19.5 Å². The lowest BCUT2D eigenvalue weighted by molar-refractivity contribution is -0.131. The number of amides is 3. The fourth-order valence-corrected chi connectivity index (χ4v) is 6.02.